The Hall–Kier alpha value is -2.43. The summed E-state index contributed by atoms with van der Waals surface area (Å²) in [5, 5.41) is 14.4. The Labute approximate surface area is 136 Å². The van der Waals surface area contributed by atoms with E-state index in [0.717, 1.165) is 24.9 Å². The van der Waals surface area contributed by atoms with Crippen molar-refractivity contribution in [3.05, 3.63) is 47.7 Å². The topological polar surface area (TPSA) is 66.9 Å². The molecule has 1 aliphatic carbocycles. The number of para-hydroxylation sites is 1. The van der Waals surface area contributed by atoms with Gasteiger partial charge in [0, 0.05) is 11.7 Å². The van der Waals surface area contributed by atoms with E-state index in [4.69, 9.17) is 0 Å². The summed E-state index contributed by atoms with van der Waals surface area (Å²) in [4.78, 5) is 12.1. The highest BCUT2D eigenvalue weighted by molar-refractivity contribution is 5.92. The number of amides is 1. The van der Waals surface area contributed by atoms with Crippen molar-refractivity contribution >= 4 is 17.4 Å². The summed E-state index contributed by atoms with van der Waals surface area (Å²) in [5.41, 5.74) is 2.61. The molecule has 1 fully saturated rings. The summed E-state index contributed by atoms with van der Waals surface area (Å²) >= 11 is 0. The van der Waals surface area contributed by atoms with Gasteiger partial charge in [0.25, 0.3) is 5.91 Å². The van der Waals surface area contributed by atoms with Gasteiger partial charge in [-0.25, -0.2) is 0 Å². The van der Waals surface area contributed by atoms with Gasteiger partial charge in [-0.15, -0.1) is 10.2 Å². The van der Waals surface area contributed by atoms with Crippen LogP contribution in [-0.2, 0) is 6.42 Å². The van der Waals surface area contributed by atoms with Crippen molar-refractivity contribution in [1.82, 2.24) is 15.5 Å². The largest absolute Gasteiger partial charge is 0.348 e. The standard InChI is InChI=1S/C18H22N4O/c1-2-13-7-3-6-10-15(13)20-17-12-11-16(21-22-17)18(23)19-14-8-4-5-9-14/h3,6-7,10-12,14H,2,4-5,8-9H2,1H3,(H,19,23)(H,20,22). The van der Waals surface area contributed by atoms with Crippen molar-refractivity contribution in [2.75, 3.05) is 5.32 Å². The lowest BCUT2D eigenvalue weighted by molar-refractivity contribution is 0.0932. The zero-order valence-corrected chi connectivity index (χ0v) is 13.4. The van der Waals surface area contributed by atoms with E-state index in [-0.39, 0.29) is 5.91 Å². The van der Waals surface area contributed by atoms with Crippen LogP contribution in [0.1, 0.15) is 48.7 Å². The molecule has 23 heavy (non-hydrogen) atoms. The van der Waals surface area contributed by atoms with Crippen molar-refractivity contribution in [2.24, 2.45) is 0 Å². The summed E-state index contributed by atoms with van der Waals surface area (Å²) in [6.07, 6.45) is 5.45. The van der Waals surface area contributed by atoms with Gasteiger partial charge in [0.1, 0.15) is 0 Å². The average Bonchev–Trinajstić information content (AvgIpc) is 3.09. The van der Waals surface area contributed by atoms with E-state index >= 15 is 0 Å². The van der Waals surface area contributed by atoms with E-state index < -0.39 is 0 Å². The normalized spacial score (nSPS) is 14.7. The highest BCUT2D eigenvalue weighted by atomic mass is 16.2. The number of hydrogen-bond acceptors (Lipinski definition) is 4. The van der Waals surface area contributed by atoms with Gasteiger partial charge in [0.15, 0.2) is 11.5 Å². The van der Waals surface area contributed by atoms with Gasteiger partial charge in [0.05, 0.1) is 0 Å². The molecule has 2 aromatic rings. The Morgan fingerprint density at radius 1 is 1.13 bits per heavy atom. The molecular weight excluding hydrogens is 288 g/mol. The number of nitrogens with one attached hydrogen (secondary N) is 2. The Bertz CT molecular complexity index is 663. The first-order valence-corrected chi connectivity index (χ1v) is 8.26. The smallest absolute Gasteiger partial charge is 0.272 e. The Morgan fingerprint density at radius 2 is 1.91 bits per heavy atom. The lowest BCUT2D eigenvalue weighted by Gasteiger charge is -2.12. The Kier molecular flexibility index (Phi) is 4.86. The molecule has 1 aromatic carbocycles. The van der Waals surface area contributed by atoms with Crippen LogP contribution in [0.5, 0.6) is 0 Å². The van der Waals surface area contributed by atoms with Crippen LogP contribution < -0.4 is 10.6 Å². The van der Waals surface area contributed by atoms with E-state index in [0.29, 0.717) is 17.6 Å². The zero-order chi connectivity index (χ0) is 16.1. The first kappa shape index (κ1) is 15.5. The van der Waals surface area contributed by atoms with Crippen LogP contribution in [0.2, 0.25) is 0 Å². The van der Waals surface area contributed by atoms with E-state index in [2.05, 4.69) is 33.8 Å². The molecule has 0 atom stereocenters. The number of aromatic nitrogens is 2. The summed E-state index contributed by atoms with van der Waals surface area (Å²) < 4.78 is 0. The number of carbonyl (C=O) groups is 1. The number of carbonyl (C=O) groups excluding carboxylic acids is 1. The molecule has 1 aromatic heterocycles. The predicted octanol–water partition coefficient (Wildman–Crippen LogP) is 3.46. The fourth-order valence-electron chi connectivity index (χ4n) is 2.94. The number of anilines is 2. The minimum Gasteiger partial charge on any atom is -0.348 e. The van der Waals surface area contributed by atoms with Gasteiger partial charge in [-0.1, -0.05) is 38.0 Å². The van der Waals surface area contributed by atoms with Crippen LogP contribution in [0.3, 0.4) is 0 Å². The molecule has 5 heteroatoms. The molecule has 1 aliphatic rings. The maximum Gasteiger partial charge on any atom is 0.272 e. The molecule has 0 saturated heterocycles. The molecule has 2 N–H and O–H groups in total. The summed E-state index contributed by atoms with van der Waals surface area (Å²) in [5.74, 6) is 0.508. The van der Waals surface area contributed by atoms with Crippen molar-refractivity contribution in [1.29, 1.82) is 0 Å². The molecule has 0 unspecified atom stereocenters. The van der Waals surface area contributed by atoms with Crippen molar-refractivity contribution in [3.8, 4) is 0 Å². The molecule has 0 radical (unpaired) electrons. The quantitative estimate of drug-likeness (QED) is 0.887. The minimum absolute atomic E-state index is 0.134. The van der Waals surface area contributed by atoms with E-state index in [1.165, 1.54) is 18.4 Å². The molecule has 120 valence electrons. The molecule has 0 bridgehead atoms. The Balaban J connectivity index is 1.65. The molecular formula is C18H22N4O. The number of nitrogens with zero attached hydrogens (tertiary/aromatic N) is 2. The van der Waals surface area contributed by atoms with Crippen LogP contribution >= 0.6 is 0 Å². The highest BCUT2D eigenvalue weighted by Crippen LogP contribution is 2.20. The second-order valence-corrected chi connectivity index (χ2v) is 5.89. The minimum atomic E-state index is -0.134. The fraction of sp³-hybridized carbons (Fsp3) is 0.389. The molecule has 5 nitrogen and oxygen atoms in total. The van der Waals surface area contributed by atoms with Crippen LogP contribution in [0.4, 0.5) is 11.5 Å². The van der Waals surface area contributed by atoms with Gasteiger partial charge < -0.3 is 10.6 Å². The van der Waals surface area contributed by atoms with Crippen molar-refractivity contribution in [3.63, 3.8) is 0 Å². The van der Waals surface area contributed by atoms with Crippen LogP contribution in [0.25, 0.3) is 0 Å². The fourth-order valence-corrected chi connectivity index (χ4v) is 2.94. The molecule has 1 heterocycles. The van der Waals surface area contributed by atoms with Gasteiger partial charge >= 0.3 is 0 Å². The monoisotopic (exact) mass is 310 g/mol. The lowest BCUT2D eigenvalue weighted by atomic mass is 10.1. The van der Waals surface area contributed by atoms with Crippen LogP contribution in [-0.4, -0.2) is 22.1 Å². The van der Waals surface area contributed by atoms with Gasteiger partial charge in [0.2, 0.25) is 0 Å². The maximum absolute atomic E-state index is 12.1. The third kappa shape index (κ3) is 3.86. The second kappa shape index (κ2) is 7.22. The summed E-state index contributed by atoms with van der Waals surface area (Å²) in [7, 11) is 0. The molecule has 1 amide bonds. The van der Waals surface area contributed by atoms with Gasteiger partial charge in [-0.05, 0) is 43.0 Å². The molecule has 1 saturated carbocycles. The first-order valence-electron chi connectivity index (χ1n) is 8.26. The summed E-state index contributed by atoms with van der Waals surface area (Å²) in [6, 6.07) is 11.9. The number of aryl methyl sites for hydroxylation is 1. The SMILES string of the molecule is CCc1ccccc1Nc1ccc(C(=O)NC2CCCC2)nn1. The Morgan fingerprint density at radius 3 is 2.61 bits per heavy atom. The number of hydrogen-bond donors (Lipinski definition) is 2. The summed E-state index contributed by atoms with van der Waals surface area (Å²) in [6.45, 7) is 2.11. The average molecular weight is 310 g/mol. The second-order valence-electron chi connectivity index (χ2n) is 5.89. The van der Waals surface area contributed by atoms with Gasteiger partial charge in [-0.2, -0.15) is 0 Å². The third-order valence-electron chi connectivity index (χ3n) is 4.25. The van der Waals surface area contributed by atoms with Crippen LogP contribution in [0, 0.1) is 0 Å². The molecule has 0 aliphatic heterocycles. The van der Waals surface area contributed by atoms with Crippen molar-refractivity contribution < 1.29 is 4.79 Å². The molecule has 3 rings (SSSR count). The molecule has 0 spiro atoms. The third-order valence-corrected chi connectivity index (χ3v) is 4.25. The van der Waals surface area contributed by atoms with E-state index in [1.807, 2.05) is 18.2 Å². The number of benzene rings is 1. The highest BCUT2D eigenvalue weighted by Gasteiger charge is 2.18. The maximum atomic E-state index is 12.1. The number of rotatable bonds is 5. The zero-order valence-electron chi connectivity index (χ0n) is 13.4. The lowest BCUT2D eigenvalue weighted by Crippen LogP contribution is -2.33. The van der Waals surface area contributed by atoms with Crippen LogP contribution in [0.15, 0.2) is 36.4 Å². The van der Waals surface area contributed by atoms with Gasteiger partial charge in [-0.3, -0.25) is 4.79 Å². The van der Waals surface area contributed by atoms with E-state index in [9.17, 15) is 4.79 Å². The first-order chi connectivity index (χ1) is 11.3. The van der Waals surface area contributed by atoms with Crippen molar-refractivity contribution in [2.45, 2.75) is 45.1 Å². The van der Waals surface area contributed by atoms with E-state index in [1.54, 1.807) is 12.1 Å². The predicted molar refractivity (Wildman–Crippen MR) is 90.9 cm³/mol.